The van der Waals surface area contributed by atoms with Crippen LogP contribution in [-0.4, -0.2) is 18.2 Å². The molecular weight excluding hydrogens is 249 g/mol. The number of rotatable bonds is 6. The van der Waals surface area contributed by atoms with Crippen LogP contribution in [0.2, 0.25) is 0 Å². The number of nitrogens with two attached hydrogens (primary N) is 1. The van der Waals surface area contributed by atoms with Gasteiger partial charge < -0.3 is 15.6 Å². The number of carbonyl (C=O) groups is 1. The second-order valence-corrected chi connectivity index (χ2v) is 4.81. The molecule has 3 N–H and O–H groups in total. The Labute approximate surface area is 112 Å². The predicted octanol–water partition coefficient (Wildman–Crippen LogP) is 2.82. The number of halogens is 1. The third-order valence-electron chi connectivity index (χ3n) is 3.04. The van der Waals surface area contributed by atoms with E-state index in [0.717, 1.165) is 0 Å². The van der Waals surface area contributed by atoms with Crippen molar-refractivity contribution in [3.8, 4) is 5.75 Å². The van der Waals surface area contributed by atoms with Gasteiger partial charge in [-0.2, -0.15) is 0 Å². The third kappa shape index (κ3) is 3.92. The van der Waals surface area contributed by atoms with E-state index in [1.807, 2.05) is 13.8 Å². The number of ether oxygens (including phenoxy) is 1. The molecular formula is C14H20FNO3. The molecule has 5 heteroatoms. The van der Waals surface area contributed by atoms with Crippen molar-refractivity contribution in [3.05, 3.63) is 29.1 Å². The fourth-order valence-corrected chi connectivity index (χ4v) is 1.93. The van der Waals surface area contributed by atoms with Crippen molar-refractivity contribution in [1.29, 1.82) is 0 Å². The quantitative estimate of drug-likeness (QED) is 0.833. The highest BCUT2D eigenvalue weighted by Crippen LogP contribution is 2.32. The minimum atomic E-state index is -0.902. The minimum Gasteiger partial charge on any atom is -0.496 e. The van der Waals surface area contributed by atoms with Gasteiger partial charge in [-0.15, -0.1) is 0 Å². The molecule has 0 fully saturated rings. The standard InChI is InChI=1S/C14H20FNO3/c1-8(2)9-6-10(12(16)4-5-14(17)18)13(19-3)7-11(9)15/h6-8,12H,4-5,16H2,1-3H3,(H,17,18). The number of carboxylic acid groups (broad SMARTS) is 1. The van der Waals surface area contributed by atoms with E-state index in [2.05, 4.69) is 0 Å². The molecule has 0 bridgehead atoms. The molecule has 0 saturated heterocycles. The molecule has 1 rings (SSSR count). The zero-order chi connectivity index (χ0) is 14.6. The molecule has 1 aromatic carbocycles. The maximum atomic E-state index is 13.8. The summed E-state index contributed by atoms with van der Waals surface area (Å²) in [5, 5.41) is 8.68. The first-order chi connectivity index (χ1) is 8.86. The minimum absolute atomic E-state index is 0.0244. The average molecular weight is 269 g/mol. The van der Waals surface area contributed by atoms with Gasteiger partial charge in [0.25, 0.3) is 0 Å². The van der Waals surface area contributed by atoms with E-state index in [9.17, 15) is 9.18 Å². The van der Waals surface area contributed by atoms with Crippen molar-refractivity contribution in [1.82, 2.24) is 0 Å². The summed E-state index contributed by atoms with van der Waals surface area (Å²) in [5.41, 5.74) is 7.18. The van der Waals surface area contributed by atoms with E-state index in [-0.39, 0.29) is 24.6 Å². The van der Waals surface area contributed by atoms with E-state index < -0.39 is 12.0 Å². The molecule has 1 unspecified atom stereocenters. The molecule has 1 aromatic rings. The zero-order valence-electron chi connectivity index (χ0n) is 11.4. The second-order valence-electron chi connectivity index (χ2n) is 4.81. The molecule has 0 aromatic heterocycles. The van der Waals surface area contributed by atoms with Crippen LogP contribution >= 0.6 is 0 Å². The summed E-state index contributed by atoms with van der Waals surface area (Å²) in [6.07, 6.45) is 0.258. The summed E-state index contributed by atoms with van der Waals surface area (Å²) >= 11 is 0. The molecule has 0 aliphatic carbocycles. The van der Waals surface area contributed by atoms with Gasteiger partial charge in [-0.3, -0.25) is 4.79 Å². The third-order valence-corrected chi connectivity index (χ3v) is 3.04. The highest BCUT2D eigenvalue weighted by molar-refractivity contribution is 5.66. The van der Waals surface area contributed by atoms with Crippen LogP contribution in [0, 0.1) is 5.82 Å². The first-order valence-corrected chi connectivity index (χ1v) is 6.21. The van der Waals surface area contributed by atoms with Crippen LogP contribution < -0.4 is 10.5 Å². The van der Waals surface area contributed by atoms with Crippen LogP contribution in [0.3, 0.4) is 0 Å². The summed E-state index contributed by atoms with van der Waals surface area (Å²) in [5.74, 6) is -0.849. The SMILES string of the molecule is COc1cc(F)c(C(C)C)cc1C(N)CCC(=O)O. The molecule has 1 atom stereocenters. The number of benzene rings is 1. The van der Waals surface area contributed by atoms with Crippen molar-refractivity contribution < 1.29 is 19.0 Å². The lowest BCUT2D eigenvalue weighted by molar-refractivity contribution is -0.137. The van der Waals surface area contributed by atoms with Gasteiger partial charge in [0.1, 0.15) is 11.6 Å². The van der Waals surface area contributed by atoms with Crippen LogP contribution in [0.4, 0.5) is 4.39 Å². The monoisotopic (exact) mass is 269 g/mol. The van der Waals surface area contributed by atoms with Gasteiger partial charge in [0.2, 0.25) is 0 Å². The van der Waals surface area contributed by atoms with Gasteiger partial charge in [0.15, 0.2) is 0 Å². The van der Waals surface area contributed by atoms with Gasteiger partial charge in [0, 0.05) is 24.1 Å². The van der Waals surface area contributed by atoms with Crippen LogP contribution in [0.1, 0.15) is 49.8 Å². The van der Waals surface area contributed by atoms with E-state index in [1.54, 1.807) is 6.07 Å². The maximum absolute atomic E-state index is 13.8. The topological polar surface area (TPSA) is 72.5 Å². The van der Waals surface area contributed by atoms with Crippen molar-refractivity contribution in [3.63, 3.8) is 0 Å². The molecule has 0 amide bonds. The Balaban J connectivity index is 3.09. The molecule has 0 aliphatic heterocycles. The summed E-state index contributed by atoms with van der Waals surface area (Å²) in [6.45, 7) is 3.77. The van der Waals surface area contributed by atoms with Crippen molar-refractivity contribution in [2.24, 2.45) is 5.73 Å². The summed E-state index contributed by atoms with van der Waals surface area (Å²) in [7, 11) is 1.44. The molecule has 4 nitrogen and oxygen atoms in total. The van der Waals surface area contributed by atoms with Crippen molar-refractivity contribution in [2.45, 2.75) is 38.6 Å². The largest absolute Gasteiger partial charge is 0.496 e. The number of aliphatic carboxylic acids is 1. The van der Waals surface area contributed by atoms with Crippen LogP contribution in [-0.2, 0) is 4.79 Å². The number of methoxy groups -OCH3 is 1. The first-order valence-electron chi connectivity index (χ1n) is 6.21. The van der Waals surface area contributed by atoms with E-state index in [1.165, 1.54) is 13.2 Å². The normalized spacial score (nSPS) is 12.5. The lowest BCUT2D eigenvalue weighted by Gasteiger charge is -2.18. The Morgan fingerprint density at radius 3 is 2.53 bits per heavy atom. The van der Waals surface area contributed by atoms with Crippen LogP contribution in [0.25, 0.3) is 0 Å². The van der Waals surface area contributed by atoms with E-state index >= 15 is 0 Å². The van der Waals surface area contributed by atoms with Gasteiger partial charge in [-0.25, -0.2) is 4.39 Å². The van der Waals surface area contributed by atoms with Gasteiger partial charge in [-0.05, 0) is 24.0 Å². The molecule has 0 spiro atoms. The number of hydrogen-bond acceptors (Lipinski definition) is 3. The molecule has 19 heavy (non-hydrogen) atoms. The average Bonchev–Trinajstić information content (AvgIpc) is 2.34. The lowest BCUT2D eigenvalue weighted by Crippen LogP contribution is -2.14. The second kappa shape index (κ2) is 6.52. The van der Waals surface area contributed by atoms with Gasteiger partial charge in [0.05, 0.1) is 7.11 Å². The predicted molar refractivity (Wildman–Crippen MR) is 70.8 cm³/mol. The van der Waals surface area contributed by atoms with Crippen molar-refractivity contribution in [2.75, 3.05) is 7.11 Å². The molecule has 0 aliphatic rings. The Kier molecular flexibility index (Phi) is 5.30. The van der Waals surface area contributed by atoms with Gasteiger partial charge in [-0.1, -0.05) is 13.8 Å². The highest BCUT2D eigenvalue weighted by Gasteiger charge is 2.18. The highest BCUT2D eigenvalue weighted by atomic mass is 19.1. The van der Waals surface area contributed by atoms with E-state index in [0.29, 0.717) is 16.9 Å². The van der Waals surface area contributed by atoms with E-state index in [4.69, 9.17) is 15.6 Å². The molecule has 0 saturated carbocycles. The zero-order valence-corrected chi connectivity index (χ0v) is 11.4. The Hall–Kier alpha value is -1.62. The smallest absolute Gasteiger partial charge is 0.303 e. The van der Waals surface area contributed by atoms with Crippen LogP contribution in [0.15, 0.2) is 12.1 Å². The number of hydrogen-bond donors (Lipinski definition) is 2. The van der Waals surface area contributed by atoms with Crippen LogP contribution in [0.5, 0.6) is 5.75 Å². The Morgan fingerprint density at radius 1 is 1.42 bits per heavy atom. The molecule has 0 heterocycles. The molecule has 106 valence electrons. The Morgan fingerprint density at radius 2 is 2.05 bits per heavy atom. The summed E-state index contributed by atoms with van der Waals surface area (Å²) in [6, 6.07) is 2.50. The maximum Gasteiger partial charge on any atom is 0.303 e. The number of carboxylic acids is 1. The van der Waals surface area contributed by atoms with Crippen molar-refractivity contribution >= 4 is 5.97 Å². The fraction of sp³-hybridized carbons (Fsp3) is 0.500. The first kappa shape index (κ1) is 15.4. The summed E-state index contributed by atoms with van der Waals surface area (Å²) in [4.78, 5) is 10.6. The fourth-order valence-electron chi connectivity index (χ4n) is 1.93. The lowest BCUT2D eigenvalue weighted by atomic mass is 9.94. The summed E-state index contributed by atoms with van der Waals surface area (Å²) < 4.78 is 19.0. The van der Waals surface area contributed by atoms with Gasteiger partial charge >= 0.3 is 5.97 Å². The molecule has 0 radical (unpaired) electrons. The Bertz CT molecular complexity index is 460.